The standard InChI is InChI=1S/C20H23N5OS/c1-2-3-4-9-17-18(27)20(25-10-12-26-13-11-25)24-19(23-17)16-8-6-5-7-15(16)14-22-21/h2-9,14,27H,10-13,21H2,1H3/b3-2+,9-4+,22-14-. The minimum absolute atomic E-state index is 0.616. The molecule has 27 heavy (non-hydrogen) atoms. The average molecular weight is 382 g/mol. The second-order valence-corrected chi connectivity index (χ2v) is 6.40. The highest BCUT2D eigenvalue weighted by molar-refractivity contribution is 7.80. The number of anilines is 1. The van der Waals surface area contributed by atoms with E-state index in [4.69, 9.17) is 33.2 Å². The number of rotatable bonds is 5. The molecule has 0 amide bonds. The smallest absolute Gasteiger partial charge is 0.162 e. The Kier molecular flexibility index (Phi) is 6.62. The van der Waals surface area contributed by atoms with E-state index in [1.165, 1.54) is 0 Å². The van der Waals surface area contributed by atoms with Gasteiger partial charge in [0.25, 0.3) is 0 Å². The Hall–Kier alpha value is -2.64. The largest absolute Gasteiger partial charge is 0.378 e. The number of allylic oxidation sites excluding steroid dienone is 3. The summed E-state index contributed by atoms with van der Waals surface area (Å²) in [6.45, 7) is 4.86. The first kappa shape index (κ1) is 19.1. The van der Waals surface area contributed by atoms with Gasteiger partial charge in [-0.25, -0.2) is 9.97 Å². The molecule has 0 radical (unpaired) electrons. The van der Waals surface area contributed by atoms with Crippen LogP contribution in [-0.2, 0) is 4.74 Å². The maximum absolute atomic E-state index is 5.47. The SMILES string of the molecule is C/C=C/C=C/c1nc(-c2ccccc2/C=N\N)nc(N2CCOCC2)c1S. The number of nitrogens with zero attached hydrogens (tertiary/aromatic N) is 4. The Labute approximate surface area is 164 Å². The normalized spacial score (nSPS) is 15.4. The van der Waals surface area contributed by atoms with Crippen LogP contribution in [0.2, 0.25) is 0 Å². The Morgan fingerprint density at radius 2 is 1.96 bits per heavy atom. The number of hydrogen-bond donors (Lipinski definition) is 2. The van der Waals surface area contributed by atoms with Crippen molar-refractivity contribution in [1.82, 2.24) is 9.97 Å². The lowest BCUT2D eigenvalue weighted by Crippen LogP contribution is -2.37. The molecule has 0 spiro atoms. The number of morpholine rings is 1. The van der Waals surface area contributed by atoms with Gasteiger partial charge in [-0.2, -0.15) is 5.10 Å². The molecule has 1 aromatic carbocycles. The van der Waals surface area contributed by atoms with Gasteiger partial charge in [-0.05, 0) is 13.0 Å². The highest BCUT2D eigenvalue weighted by Gasteiger charge is 2.20. The van der Waals surface area contributed by atoms with E-state index < -0.39 is 0 Å². The van der Waals surface area contributed by atoms with E-state index >= 15 is 0 Å². The first-order valence-electron chi connectivity index (χ1n) is 8.80. The fraction of sp³-hybridized carbons (Fsp3) is 0.250. The molecule has 2 N–H and O–H groups in total. The monoisotopic (exact) mass is 381 g/mol. The number of thiol groups is 1. The van der Waals surface area contributed by atoms with Gasteiger partial charge in [0.15, 0.2) is 5.82 Å². The fourth-order valence-corrected chi connectivity index (χ4v) is 3.16. The number of ether oxygens (including phenoxy) is 1. The van der Waals surface area contributed by atoms with Crippen LogP contribution < -0.4 is 10.7 Å². The summed E-state index contributed by atoms with van der Waals surface area (Å²) in [5.74, 6) is 6.79. The summed E-state index contributed by atoms with van der Waals surface area (Å²) in [7, 11) is 0. The van der Waals surface area contributed by atoms with E-state index in [1.807, 2.05) is 55.5 Å². The first-order valence-corrected chi connectivity index (χ1v) is 9.25. The molecule has 2 heterocycles. The molecular weight excluding hydrogens is 358 g/mol. The van der Waals surface area contributed by atoms with Crippen molar-refractivity contribution in [2.45, 2.75) is 11.8 Å². The highest BCUT2D eigenvalue weighted by Crippen LogP contribution is 2.30. The van der Waals surface area contributed by atoms with Crippen molar-refractivity contribution in [1.29, 1.82) is 0 Å². The Balaban J connectivity index is 2.14. The van der Waals surface area contributed by atoms with Crippen LogP contribution >= 0.6 is 12.6 Å². The highest BCUT2D eigenvalue weighted by atomic mass is 32.1. The van der Waals surface area contributed by atoms with Gasteiger partial charge in [0.2, 0.25) is 0 Å². The fourth-order valence-electron chi connectivity index (χ4n) is 2.84. The molecule has 1 saturated heterocycles. The van der Waals surface area contributed by atoms with Gasteiger partial charge < -0.3 is 15.5 Å². The summed E-state index contributed by atoms with van der Waals surface area (Å²) < 4.78 is 5.47. The summed E-state index contributed by atoms with van der Waals surface area (Å²) in [6.07, 6.45) is 9.42. The molecule has 1 fully saturated rings. The maximum atomic E-state index is 5.47. The topological polar surface area (TPSA) is 76.6 Å². The molecule has 0 unspecified atom stereocenters. The van der Waals surface area contributed by atoms with E-state index in [0.29, 0.717) is 19.0 Å². The molecule has 0 atom stereocenters. The summed E-state index contributed by atoms with van der Waals surface area (Å²) in [5.41, 5.74) is 2.50. The van der Waals surface area contributed by atoms with Gasteiger partial charge in [-0.3, -0.25) is 0 Å². The lowest BCUT2D eigenvalue weighted by atomic mass is 10.1. The third-order valence-corrected chi connectivity index (χ3v) is 4.61. The maximum Gasteiger partial charge on any atom is 0.162 e. The van der Waals surface area contributed by atoms with Crippen LogP contribution in [0.1, 0.15) is 18.2 Å². The summed E-state index contributed by atoms with van der Waals surface area (Å²) in [5, 5.41) is 3.66. The number of hydrazone groups is 1. The third-order valence-electron chi connectivity index (χ3n) is 4.18. The first-order chi connectivity index (χ1) is 13.2. The molecule has 1 aromatic heterocycles. The predicted molar refractivity (Wildman–Crippen MR) is 113 cm³/mol. The molecule has 0 saturated carbocycles. The van der Waals surface area contributed by atoms with E-state index in [-0.39, 0.29) is 0 Å². The van der Waals surface area contributed by atoms with E-state index in [0.717, 1.165) is 40.6 Å². The van der Waals surface area contributed by atoms with Crippen molar-refractivity contribution in [3.63, 3.8) is 0 Å². The second kappa shape index (κ2) is 9.34. The van der Waals surface area contributed by atoms with Crippen molar-refractivity contribution in [2.75, 3.05) is 31.2 Å². The Morgan fingerprint density at radius 3 is 2.70 bits per heavy atom. The van der Waals surface area contributed by atoms with E-state index in [2.05, 4.69) is 10.0 Å². The predicted octanol–water partition coefficient (Wildman–Crippen LogP) is 3.15. The zero-order chi connectivity index (χ0) is 19.1. The molecule has 2 aromatic rings. The van der Waals surface area contributed by atoms with Gasteiger partial charge in [-0.1, -0.05) is 42.5 Å². The molecule has 7 heteroatoms. The number of aromatic nitrogens is 2. The molecule has 0 aliphatic carbocycles. The van der Waals surface area contributed by atoms with Crippen LogP contribution in [-0.4, -0.2) is 42.5 Å². The van der Waals surface area contributed by atoms with Crippen molar-refractivity contribution < 1.29 is 4.74 Å². The lowest BCUT2D eigenvalue weighted by Gasteiger charge is -2.29. The molecule has 140 valence electrons. The van der Waals surface area contributed by atoms with Crippen LogP contribution in [0.3, 0.4) is 0 Å². The van der Waals surface area contributed by atoms with Gasteiger partial charge in [0.1, 0.15) is 5.82 Å². The number of hydrogen-bond acceptors (Lipinski definition) is 7. The van der Waals surface area contributed by atoms with Crippen LogP contribution in [0.4, 0.5) is 5.82 Å². The molecule has 0 bridgehead atoms. The summed E-state index contributed by atoms with van der Waals surface area (Å²) in [6, 6.07) is 7.79. The van der Waals surface area contributed by atoms with Crippen LogP contribution in [0.15, 0.2) is 52.5 Å². The lowest BCUT2D eigenvalue weighted by molar-refractivity contribution is 0.122. The average Bonchev–Trinajstić information content (AvgIpc) is 2.71. The zero-order valence-electron chi connectivity index (χ0n) is 15.2. The number of benzene rings is 1. The molecular formula is C20H23N5OS. The molecule has 1 aliphatic heterocycles. The Bertz CT molecular complexity index is 873. The number of nitrogens with two attached hydrogens (primary N) is 1. The quantitative estimate of drug-likeness (QED) is 0.274. The van der Waals surface area contributed by atoms with Gasteiger partial charge in [-0.15, -0.1) is 12.6 Å². The molecule has 1 aliphatic rings. The molecule has 3 rings (SSSR count). The van der Waals surface area contributed by atoms with E-state index in [1.54, 1.807) is 6.21 Å². The van der Waals surface area contributed by atoms with Crippen LogP contribution in [0.25, 0.3) is 17.5 Å². The summed E-state index contributed by atoms with van der Waals surface area (Å²) in [4.78, 5) is 12.5. The van der Waals surface area contributed by atoms with Crippen molar-refractivity contribution in [3.05, 3.63) is 53.8 Å². The third kappa shape index (κ3) is 4.56. The summed E-state index contributed by atoms with van der Waals surface area (Å²) >= 11 is 4.72. The minimum Gasteiger partial charge on any atom is -0.378 e. The van der Waals surface area contributed by atoms with Gasteiger partial charge >= 0.3 is 0 Å². The van der Waals surface area contributed by atoms with Crippen molar-refractivity contribution in [3.8, 4) is 11.4 Å². The van der Waals surface area contributed by atoms with Crippen LogP contribution in [0.5, 0.6) is 0 Å². The molecule has 6 nitrogen and oxygen atoms in total. The minimum atomic E-state index is 0.616. The Morgan fingerprint density at radius 1 is 1.19 bits per heavy atom. The van der Waals surface area contributed by atoms with Crippen molar-refractivity contribution >= 4 is 30.7 Å². The van der Waals surface area contributed by atoms with E-state index in [9.17, 15) is 0 Å². The van der Waals surface area contributed by atoms with Gasteiger partial charge in [0.05, 0.1) is 30.0 Å². The second-order valence-electron chi connectivity index (χ2n) is 5.95. The van der Waals surface area contributed by atoms with Gasteiger partial charge in [0, 0.05) is 24.2 Å². The van der Waals surface area contributed by atoms with Crippen LogP contribution in [0, 0.1) is 0 Å². The van der Waals surface area contributed by atoms with Crippen molar-refractivity contribution in [2.24, 2.45) is 10.9 Å². The zero-order valence-corrected chi connectivity index (χ0v) is 16.1.